The zero-order valence-corrected chi connectivity index (χ0v) is 14.9. The molecular formula is C20H33NO. The van der Waals surface area contributed by atoms with Gasteiger partial charge >= 0.3 is 0 Å². The van der Waals surface area contributed by atoms with E-state index >= 15 is 0 Å². The Morgan fingerprint density at radius 3 is 2.36 bits per heavy atom. The molecule has 1 aromatic rings. The van der Waals surface area contributed by atoms with E-state index in [1.54, 1.807) is 0 Å². The lowest BCUT2D eigenvalue weighted by Gasteiger charge is -2.17. The number of hydrogen-bond donors (Lipinski definition) is 0. The molecule has 0 aliphatic carbocycles. The number of rotatable bonds is 10. The van der Waals surface area contributed by atoms with Gasteiger partial charge in [-0.05, 0) is 25.0 Å². The summed E-state index contributed by atoms with van der Waals surface area (Å²) in [6.45, 7) is 9.39. The molecule has 22 heavy (non-hydrogen) atoms. The lowest BCUT2D eigenvalue weighted by molar-refractivity contribution is 0.360. The lowest BCUT2D eigenvalue weighted by atomic mass is 9.92. The fourth-order valence-corrected chi connectivity index (χ4v) is 2.28. The molecule has 0 aromatic carbocycles. The number of unbranched alkanes of at least 4 members (excludes halogenated alkanes) is 6. The van der Waals surface area contributed by atoms with Gasteiger partial charge in [-0.15, -0.1) is 0 Å². The van der Waals surface area contributed by atoms with E-state index in [1.165, 1.54) is 38.5 Å². The molecule has 0 spiro atoms. The van der Waals surface area contributed by atoms with E-state index in [-0.39, 0.29) is 5.41 Å². The highest BCUT2D eigenvalue weighted by Gasteiger charge is 2.14. The maximum atomic E-state index is 5.68. The minimum Gasteiger partial charge on any atom is -0.488 e. The first-order valence-corrected chi connectivity index (χ1v) is 8.78. The third-order valence-corrected chi connectivity index (χ3v) is 3.74. The summed E-state index contributed by atoms with van der Waals surface area (Å²) in [6.07, 6.45) is 15.4. The van der Waals surface area contributed by atoms with Crippen molar-refractivity contribution in [1.29, 1.82) is 0 Å². The number of hydrogen-bond acceptors (Lipinski definition) is 2. The van der Waals surface area contributed by atoms with Crippen molar-refractivity contribution in [2.75, 3.05) is 6.61 Å². The summed E-state index contributed by atoms with van der Waals surface area (Å²) in [5.74, 6) is 0.845. The molecule has 1 heterocycles. The Morgan fingerprint density at radius 1 is 1.00 bits per heavy atom. The zero-order valence-electron chi connectivity index (χ0n) is 14.9. The highest BCUT2D eigenvalue weighted by molar-refractivity contribution is 5.23. The maximum Gasteiger partial charge on any atom is 0.138 e. The summed E-state index contributed by atoms with van der Waals surface area (Å²) in [5.41, 5.74) is 1.19. The molecule has 0 bridgehead atoms. The third kappa shape index (κ3) is 8.21. The Morgan fingerprint density at radius 2 is 1.73 bits per heavy atom. The number of allylic oxidation sites excluding steroid dienone is 1. The fraction of sp³-hybridized carbons (Fsp3) is 0.650. The monoisotopic (exact) mass is 303 g/mol. The molecule has 0 aliphatic heterocycles. The minimum absolute atomic E-state index is 0.0928. The van der Waals surface area contributed by atoms with E-state index < -0.39 is 0 Å². The van der Waals surface area contributed by atoms with Crippen molar-refractivity contribution >= 4 is 0 Å². The number of aromatic nitrogens is 1. The molecule has 0 saturated heterocycles. The molecule has 2 heteroatoms. The molecule has 0 amide bonds. The van der Waals surface area contributed by atoms with Crippen LogP contribution in [0.3, 0.4) is 0 Å². The van der Waals surface area contributed by atoms with Gasteiger partial charge in [-0.25, -0.2) is 0 Å². The van der Waals surface area contributed by atoms with Crippen molar-refractivity contribution in [3.8, 4) is 5.75 Å². The Bertz CT molecular complexity index is 414. The van der Waals surface area contributed by atoms with Crippen LogP contribution in [0.5, 0.6) is 5.75 Å². The van der Waals surface area contributed by atoms with Crippen LogP contribution in [0.25, 0.3) is 0 Å². The van der Waals surface area contributed by atoms with Gasteiger partial charge in [0.2, 0.25) is 0 Å². The van der Waals surface area contributed by atoms with Crippen molar-refractivity contribution in [2.24, 2.45) is 0 Å². The van der Waals surface area contributed by atoms with Crippen molar-refractivity contribution in [2.45, 2.75) is 78.1 Å². The number of pyridine rings is 1. The normalized spacial score (nSPS) is 12.0. The van der Waals surface area contributed by atoms with Crippen LogP contribution in [0.15, 0.2) is 30.5 Å². The minimum atomic E-state index is 0.0928. The van der Waals surface area contributed by atoms with E-state index in [1.807, 2.05) is 12.3 Å². The fourth-order valence-electron chi connectivity index (χ4n) is 2.28. The molecule has 0 unspecified atom stereocenters. The van der Waals surface area contributed by atoms with Crippen molar-refractivity contribution < 1.29 is 4.74 Å². The first kappa shape index (κ1) is 18.7. The summed E-state index contributed by atoms with van der Waals surface area (Å²) < 4.78 is 5.68. The van der Waals surface area contributed by atoms with Crippen molar-refractivity contribution in [3.63, 3.8) is 0 Å². The first-order chi connectivity index (χ1) is 10.5. The van der Waals surface area contributed by atoms with Gasteiger partial charge in [0.15, 0.2) is 0 Å². The Balaban J connectivity index is 2.12. The first-order valence-electron chi connectivity index (χ1n) is 8.78. The average Bonchev–Trinajstić information content (AvgIpc) is 2.49. The van der Waals surface area contributed by atoms with Gasteiger partial charge in [0, 0.05) is 11.1 Å². The largest absolute Gasteiger partial charge is 0.488 e. The molecule has 0 saturated carbocycles. The van der Waals surface area contributed by atoms with Gasteiger partial charge in [0.1, 0.15) is 12.4 Å². The van der Waals surface area contributed by atoms with Crippen LogP contribution in [0.2, 0.25) is 0 Å². The molecule has 0 fully saturated rings. The molecule has 1 aromatic heterocycles. The van der Waals surface area contributed by atoms with Crippen LogP contribution < -0.4 is 4.74 Å². The van der Waals surface area contributed by atoms with Gasteiger partial charge in [-0.3, -0.25) is 4.98 Å². The second-order valence-corrected chi connectivity index (χ2v) is 6.97. The smallest absolute Gasteiger partial charge is 0.138 e. The summed E-state index contributed by atoms with van der Waals surface area (Å²) in [5, 5.41) is 0. The average molecular weight is 303 g/mol. The SMILES string of the molecule is CCCCCCCC/C=C/COc1ccc(C(C)(C)C)nc1. The number of nitrogens with zero attached hydrogens (tertiary/aromatic N) is 1. The maximum absolute atomic E-state index is 5.68. The zero-order chi connectivity index (χ0) is 16.3. The quantitative estimate of drug-likeness (QED) is 0.387. The van der Waals surface area contributed by atoms with Crippen LogP contribution in [0, 0.1) is 0 Å². The van der Waals surface area contributed by atoms with E-state index in [4.69, 9.17) is 4.74 Å². The topological polar surface area (TPSA) is 22.1 Å². The van der Waals surface area contributed by atoms with Gasteiger partial charge in [-0.1, -0.05) is 72.0 Å². The predicted octanol–water partition coefficient (Wildman–Crippen LogP) is 6.06. The molecule has 1 rings (SSSR count). The molecule has 0 N–H and O–H groups in total. The van der Waals surface area contributed by atoms with Crippen molar-refractivity contribution in [3.05, 3.63) is 36.2 Å². The van der Waals surface area contributed by atoms with E-state index in [2.05, 4.69) is 50.9 Å². The van der Waals surface area contributed by atoms with E-state index in [0.29, 0.717) is 6.61 Å². The van der Waals surface area contributed by atoms with Gasteiger partial charge in [0.25, 0.3) is 0 Å². The summed E-state index contributed by atoms with van der Waals surface area (Å²) in [7, 11) is 0. The van der Waals surface area contributed by atoms with E-state index in [9.17, 15) is 0 Å². The Labute approximate surface area is 137 Å². The molecule has 2 nitrogen and oxygen atoms in total. The summed E-state index contributed by atoms with van der Waals surface area (Å²) in [6, 6.07) is 4.06. The Kier molecular flexibility index (Phi) is 8.88. The molecule has 0 atom stereocenters. The van der Waals surface area contributed by atoms with Crippen LogP contribution in [0.1, 0.15) is 78.3 Å². The van der Waals surface area contributed by atoms with Gasteiger partial charge in [-0.2, -0.15) is 0 Å². The van der Waals surface area contributed by atoms with Gasteiger partial charge in [0.05, 0.1) is 6.20 Å². The van der Waals surface area contributed by atoms with Gasteiger partial charge < -0.3 is 4.74 Å². The summed E-state index contributed by atoms with van der Waals surface area (Å²) >= 11 is 0. The highest BCUT2D eigenvalue weighted by Crippen LogP contribution is 2.21. The standard InChI is InChI=1S/C20H33NO/c1-5-6-7-8-9-10-11-12-13-16-22-18-14-15-19(21-17-18)20(2,3)4/h12-15,17H,5-11,16H2,1-4H3/b13-12+. The van der Waals surface area contributed by atoms with Crippen LogP contribution in [-0.2, 0) is 5.41 Å². The molecule has 0 radical (unpaired) electrons. The van der Waals surface area contributed by atoms with Crippen molar-refractivity contribution in [1.82, 2.24) is 4.98 Å². The van der Waals surface area contributed by atoms with Crippen LogP contribution in [-0.4, -0.2) is 11.6 Å². The summed E-state index contributed by atoms with van der Waals surface area (Å²) in [4.78, 5) is 4.46. The molecular weight excluding hydrogens is 270 g/mol. The molecule has 0 aliphatic rings. The van der Waals surface area contributed by atoms with E-state index in [0.717, 1.165) is 17.9 Å². The Hall–Kier alpha value is -1.31. The second-order valence-electron chi connectivity index (χ2n) is 6.97. The molecule has 124 valence electrons. The highest BCUT2D eigenvalue weighted by atomic mass is 16.5. The second kappa shape index (κ2) is 10.4. The number of ether oxygens (including phenoxy) is 1. The van der Waals surface area contributed by atoms with Crippen LogP contribution >= 0.6 is 0 Å². The predicted molar refractivity (Wildman–Crippen MR) is 95.6 cm³/mol. The van der Waals surface area contributed by atoms with Crippen LogP contribution in [0.4, 0.5) is 0 Å². The lowest BCUT2D eigenvalue weighted by Crippen LogP contribution is -2.13. The third-order valence-electron chi connectivity index (χ3n) is 3.74.